The predicted octanol–water partition coefficient (Wildman–Crippen LogP) is 3.98. The van der Waals surface area contributed by atoms with Crippen molar-refractivity contribution in [3.63, 3.8) is 0 Å². The zero-order chi connectivity index (χ0) is 17.1. The Morgan fingerprint density at radius 2 is 2.08 bits per heavy atom. The molecule has 2 aromatic rings. The van der Waals surface area contributed by atoms with Gasteiger partial charge >= 0.3 is 5.97 Å². The second-order valence-corrected chi connectivity index (χ2v) is 7.10. The summed E-state index contributed by atoms with van der Waals surface area (Å²) in [6.45, 7) is 0. The first-order chi connectivity index (χ1) is 11.6. The molecule has 1 aliphatic rings. The number of amides is 1. The number of rotatable bonds is 4. The van der Waals surface area contributed by atoms with Gasteiger partial charge in [0.15, 0.2) is 0 Å². The molecule has 1 heterocycles. The minimum atomic E-state index is -0.407. The molecule has 1 aliphatic carbocycles. The molecule has 1 amide bonds. The van der Waals surface area contributed by atoms with Crippen molar-refractivity contribution < 1.29 is 14.3 Å². The Morgan fingerprint density at radius 3 is 2.75 bits per heavy atom. The van der Waals surface area contributed by atoms with Gasteiger partial charge in [0, 0.05) is 4.88 Å². The van der Waals surface area contributed by atoms with Gasteiger partial charge in [0.25, 0.3) is 0 Å². The molecule has 1 atom stereocenters. The summed E-state index contributed by atoms with van der Waals surface area (Å²) < 4.78 is 4.91. The largest absolute Gasteiger partial charge is 0.465 e. The third-order valence-corrected chi connectivity index (χ3v) is 5.71. The first-order valence-electron chi connectivity index (χ1n) is 7.77. The van der Waals surface area contributed by atoms with E-state index in [9.17, 15) is 9.59 Å². The topological polar surface area (TPSA) is 55.4 Å². The van der Waals surface area contributed by atoms with Crippen LogP contribution in [0.3, 0.4) is 0 Å². The van der Waals surface area contributed by atoms with E-state index >= 15 is 0 Å². The smallest absolute Gasteiger partial charge is 0.341 e. The maximum Gasteiger partial charge on any atom is 0.341 e. The fourth-order valence-electron chi connectivity index (χ4n) is 3.16. The van der Waals surface area contributed by atoms with Crippen LogP contribution in [0.4, 0.5) is 5.00 Å². The van der Waals surface area contributed by atoms with Crippen LogP contribution in [0.2, 0.25) is 0 Å². The zero-order valence-corrected chi connectivity index (χ0v) is 14.9. The Kier molecular flexibility index (Phi) is 5.21. The Hall–Kier alpha value is -1.85. The lowest BCUT2D eigenvalue weighted by molar-refractivity contribution is -0.113. The Labute approximate surface area is 149 Å². The lowest BCUT2D eigenvalue weighted by Gasteiger charge is -2.22. The van der Waals surface area contributed by atoms with Crippen molar-refractivity contribution in [1.29, 1.82) is 0 Å². The molecular formula is C18H18ClNO3S. The normalized spacial score (nSPS) is 16.3. The Bertz CT molecular complexity index is 757. The lowest BCUT2D eigenvalue weighted by atomic mass is 9.83. The number of esters is 1. The van der Waals surface area contributed by atoms with Gasteiger partial charge in [-0.25, -0.2) is 4.79 Å². The van der Waals surface area contributed by atoms with E-state index in [1.807, 2.05) is 18.2 Å². The number of hydrogen-bond acceptors (Lipinski definition) is 4. The molecule has 0 radical (unpaired) electrons. The molecule has 126 valence electrons. The van der Waals surface area contributed by atoms with Crippen molar-refractivity contribution in [1.82, 2.24) is 0 Å². The molecular weight excluding hydrogens is 346 g/mol. The first kappa shape index (κ1) is 17.0. The van der Waals surface area contributed by atoms with Gasteiger partial charge in [0.2, 0.25) is 5.91 Å². The molecule has 0 fully saturated rings. The van der Waals surface area contributed by atoms with Crippen molar-refractivity contribution in [2.45, 2.75) is 25.2 Å². The number of ether oxygens (including phenoxy) is 1. The minimum absolute atomic E-state index is 0.143. The quantitative estimate of drug-likeness (QED) is 0.660. The van der Waals surface area contributed by atoms with Gasteiger partial charge in [-0.05, 0) is 36.3 Å². The summed E-state index contributed by atoms with van der Waals surface area (Å²) in [6, 6.07) is 10.4. The highest BCUT2D eigenvalue weighted by Crippen LogP contribution is 2.42. The van der Waals surface area contributed by atoms with Crippen LogP contribution >= 0.6 is 22.9 Å². The fourth-order valence-corrected chi connectivity index (χ4v) is 4.56. The molecule has 1 unspecified atom stereocenters. The minimum Gasteiger partial charge on any atom is -0.465 e. The number of alkyl halides is 1. The summed E-state index contributed by atoms with van der Waals surface area (Å²) in [4.78, 5) is 25.0. The molecule has 0 saturated heterocycles. The van der Waals surface area contributed by atoms with Gasteiger partial charge in [-0.3, -0.25) is 4.79 Å². The molecule has 3 rings (SSSR count). The summed E-state index contributed by atoms with van der Waals surface area (Å²) >= 11 is 7.03. The van der Waals surface area contributed by atoms with Crippen LogP contribution in [0.15, 0.2) is 30.3 Å². The van der Waals surface area contributed by atoms with Gasteiger partial charge in [-0.2, -0.15) is 0 Å². The predicted molar refractivity (Wildman–Crippen MR) is 96.2 cm³/mol. The number of benzene rings is 1. The Balaban J connectivity index is 1.94. The van der Waals surface area contributed by atoms with Gasteiger partial charge < -0.3 is 10.1 Å². The number of thiophene rings is 1. The van der Waals surface area contributed by atoms with Gasteiger partial charge in [-0.15, -0.1) is 22.9 Å². The van der Waals surface area contributed by atoms with Crippen molar-refractivity contribution in [2.24, 2.45) is 0 Å². The maximum absolute atomic E-state index is 12.2. The highest BCUT2D eigenvalue weighted by Gasteiger charge is 2.30. The van der Waals surface area contributed by atoms with Crippen molar-refractivity contribution >= 4 is 39.8 Å². The van der Waals surface area contributed by atoms with Crippen LogP contribution in [0.1, 0.15) is 38.7 Å². The maximum atomic E-state index is 12.2. The molecule has 1 aromatic carbocycles. The summed E-state index contributed by atoms with van der Waals surface area (Å²) in [5.41, 5.74) is 2.80. The molecule has 1 N–H and O–H groups in total. The number of methoxy groups -OCH3 is 1. The monoisotopic (exact) mass is 363 g/mol. The number of nitrogens with one attached hydrogen (secondary N) is 1. The number of anilines is 1. The molecule has 6 heteroatoms. The molecule has 0 saturated carbocycles. The highest BCUT2D eigenvalue weighted by atomic mass is 35.5. The van der Waals surface area contributed by atoms with Gasteiger partial charge in [0.1, 0.15) is 10.9 Å². The molecule has 24 heavy (non-hydrogen) atoms. The number of carbonyl (C=O) groups excluding carboxylic acids is 2. The van der Waals surface area contributed by atoms with E-state index in [0.717, 1.165) is 29.7 Å². The van der Waals surface area contributed by atoms with E-state index in [2.05, 4.69) is 17.4 Å². The summed E-state index contributed by atoms with van der Waals surface area (Å²) in [5.74, 6) is -0.439. The third kappa shape index (κ3) is 3.32. The average Bonchev–Trinajstić information content (AvgIpc) is 2.98. The van der Waals surface area contributed by atoms with Gasteiger partial charge in [-0.1, -0.05) is 30.3 Å². The van der Waals surface area contributed by atoms with Crippen molar-refractivity contribution in [3.8, 4) is 0 Å². The summed E-state index contributed by atoms with van der Waals surface area (Å²) in [7, 11) is 1.36. The Morgan fingerprint density at radius 1 is 1.33 bits per heavy atom. The van der Waals surface area contributed by atoms with Crippen LogP contribution < -0.4 is 5.32 Å². The van der Waals surface area contributed by atoms with E-state index in [1.54, 1.807) is 0 Å². The zero-order valence-electron chi connectivity index (χ0n) is 13.3. The van der Waals surface area contributed by atoms with E-state index < -0.39 is 5.97 Å². The molecule has 0 spiro atoms. The van der Waals surface area contributed by atoms with E-state index in [-0.39, 0.29) is 11.8 Å². The number of fused-ring (bicyclic) bond motifs is 1. The van der Waals surface area contributed by atoms with Crippen LogP contribution in [0.25, 0.3) is 0 Å². The van der Waals surface area contributed by atoms with Crippen LogP contribution in [0, 0.1) is 0 Å². The average molecular weight is 364 g/mol. The van der Waals surface area contributed by atoms with E-state index in [1.165, 1.54) is 24.0 Å². The van der Waals surface area contributed by atoms with Gasteiger partial charge in [0.05, 0.1) is 12.7 Å². The molecule has 0 bridgehead atoms. The number of hydrogen-bond donors (Lipinski definition) is 1. The third-order valence-electron chi connectivity index (χ3n) is 4.30. The number of carbonyl (C=O) groups is 2. The molecule has 4 nitrogen and oxygen atoms in total. The summed E-state index contributed by atoms with van der Waals surface area (Å²) in [6.07, 6.45) is 2.64. The van der Waals surface area contributed by atoms with Crippen molar-refractivity contribution in [3.05, 3.63) is 51.9 Å². The second-order valence-electron chi connectivity index (χ2n) is 5.73. The first-order valence-corrected chi connectivity index (χ1v) is 9.12. The fraction of sp³-hybridized carbons (Fsp3) is 0.333. The van der Waals surface area contributed by atoms with Crippen molar-refractivity contribution in [2.75, 3.05) is 18.3 Å². The molecule has 0 aliphatic heterocycles. The number of halogens is 1. The highest BCUT2D eigenvalue weighted by molar-refractivity contribution is 7.17. The van der Waals surface area contributed by atoms with Crippen LogP contribution in [-0.4, -0.2) is 24.9 Å². The van der Waals surface area contributed by atoms with E-state index in [4.69, 9.17) is 16.3 Å². The standard InChI is InChI=1S/C18H18ClNO3S/c1-23-18(22)16-13-8-7-12(11-5-3-2-4-6-11)9-14(13)24-17(16)20-15(21)10-19/h2-6,12H,7-10H2,1H3,(H,20,21). The second kappa shape index (κ2) is 7.36. The molecule has 1 aromatic heterocycles. The SMILES string of the molecule is COC(=O)c1c(NC(=O)CCl)sc2c1CCC(c1ccccc1)C2. The lowest BCUT2D eigenvalue weighted by Crippen LogP contribution is -2.16. The van der Waals surface area contributed by atoms with Crippen LogP contribution in [0.5, 0.6) is 0 Å². The summed E-state index contributed by atoms with van der Waals surface area (Å²) in [5, 5.41) is 3.28. The van der Waals surface area contributed by atoms with Crippen LogP contribution in [-0.2, 0) is 22.4 Å². The van der Waals surface area contributed by atoms with E-state index in [0.29, 0.717) is 16.5 Å².